The zero-order valence-corrected chi connectivity index (χ0v) is 16.1. The number of carbonyl (C=O) groups is 2. The minimum Gasteiger partial charge on any atom is -0.452 e. The summed E-state index contributed by atoms with van der Waals surface area (Å²) in [4.78, 5) is 26.2. The van der Waals surface area contributed by atoms with Gasteiger partial charge in [-0.3, -0.25) is 4.79 Å². The fourth-order valence-electron chi connectivity index (χ4n) is 2.83. The third-order valence-corrected chi connectivity index (χ3v) is 4.87. The van der Waals surface area contributed by atoms with E-state index in [9.17, 15) is 9.59 Å². The molecule has 0 aliphatic heterocycles. The standard InChI is InChI=1S/C20H25N3O3/c1-13-14(2)16(4)19(17(5)15(13)3)20(25)26-12-18(24)23(10-6-8-21)11-7-9-22/h6-7,10-12H2,1-5H3. The Kier molecular flexibility index (Phi) is 7.80. The largest absolute Gasteiger partial charge is 0.452 e. The highest BCUT2D eigenvalue weighted by Gasteiger charge is 2.21. The van der Waals surface area contributed by atoms with Crippen LogP contribution in [0.5, 0.6) is 0 Å². The average molecular weight is 355 g/mol. The van der Waals surface area contributed by atoms with Gasteiger partial charge in [-0.1, -0.05) is 0 Å². The van der Waals surface area contributed by atoms with Crippen LogP contribution in [0.1, 0.15) is 51.0 Å². The molecule has 138 valence electrons. The summed E-state index contributed by atoms with van der Waals surface area (Å²) in [5.41, 5.74) is 5.43. The van der Waals surface area contributed by atoms with Crippen molar-refractivity contribution in [3.8, 4) is 12.1 Å². The Morgan fingerprint density at radius 2 is 1.27 bits per heavy atom. The fourth-order valence-corrected chi connectivity index (χ4v) is 2.83. The summed E-state index contributed by atoms with van der Waals surface area (Å²) in [6.07, 6.45) is 0.333. The third kappa shape index (κ3) is 4.83. The first-order valence-corrected chi connectivity index (χ1v) is 8.51. The van der Waals surface area contributed by atoms with E-state index in [-0.39, 0.29) is 25.9 Å². The number of esters is 1. The Hall–Kier alpha value is -2.86. The van der Waals surface area contributed by atoms with Crippen molar-refractivity contribution >= 4 is 11.9 Å². The first-order valence-electron chi connectivity index (χ1n) is 8.51. The van der Waals surface area contributed by atoms with Crippen LogP contribution in [-0.4, -0.2) is 36.5 Å². The van der Waals surface area contributed by atoms with E-state index < -0.39 is 18.5 Å². The van der Waals surface area contributed by atoms with Gasteiger partial charge in [0.05, 0.1) is 30.5 Å². The number of benzene rings is 1. The van der Waals surface area contributed by atoms with Gasteiger partial charge >= 0.3 is 5.97 Å². The average Bonchev–Trinajstić information content (AvgIpc) is 2.63. The van der Waals surface area contributed by atoms with E-state index in [0.29, 0.717) is 5.56 Å². The molecule has 0 aliphatic rings. The molecule has 0 unspecified atom stereocenters. The number of hydrogen-bond donors (Lipinski definition) is 0. The monoisotopic (exact) mass is 355 g/mol. The van der Waals surface area contributed by atoms with Gasteiger partial charge in [0.15, 0.2) is 6.61 Å². The molecule has 0 saturated carbocycles. The number of rotatable bonds is 7. The summed E-state index contributed by atoms with van der Waals surface area (Å²) in [7, 11) is 0. The second-order valence-electron chi connectivity index (χ2n) is 6.27. The van der Waals surface area contributed by atoms with Crippen molar-refractivity contribution in [1.29, 1.82) is 10.5 Å². The van der Waals surface area contributed by atoms with Gasteiger partial charge in [0.1, 0.15) is 0 Å². The van der Waals surface area contributed by atoms with Crippen molar-refractivity contribution in [2.24, 2.45) is 0 Å². The Balaban J connectivity index is 2.90. The van der Waals surface area contributed by atoms with Gasteiger partial charge in [0, 0.05) is 13.1 Å². The molecule has 0 aliphatic carbocycles. The van der Waals surface area contributed by atoms with Gasteiger partial charge in [0.2, 0.25) is 0 Å². The third-order valence-electron chi connectivity index (χ3n) is 4.87. The maximum atomic E-state index is 12.6. The minimum atomic E-state index is -0.528. The molecule has 1 aromatic rings. The van der Waals surface area contributed by atoms with Crippen LogP contribution in [0.3, 0.4) is 0 Å². The lowest BCUT2D eigenvalue weighted by Gasteiger charge is -2.21. The van der Waals surface area contributed by atoms with Crippen LogP contribution >= 0.6 is 0 Å². The molecule has 0 aromatic heterocycles. The van der Waals surface area contributed by atoms with E-state index in [0.717, 1.165) is 27.8 Å². The number of ether oxygens (including phenoxy) is 1. The van der Waals surface area contributed by atoms with Crippen molar-refractivity contribution in [1.82, 2.24) is 4.90 Å². The first-order chi connectivity index (χ1) is 12.3. The normalized spacial score (nSPS) is 9.96. The molecule has 1 amide bonds. The van der Waals surface area contributed by atoms with Crippen LogP contribution in [0.4, 0.5) is 0 Å². The highest BCUT2D eigenvalue weighted by Crippen LogP contribution is 2.26. The number of nitriles is 2. The van der Waals surface area contributed by atoms with E-state index in [4.69, 9.17) is 15.3 Å². The predicted octanol–water partition coefficient (Wildman–Crippen LogP) is 3.04. The quantitative estimate of drug-likeness (QED) is 0.701. The fraction of sp³-hybridized carbons (Fsp3) is 0.500. The molecular weight excluding hydrogens is 330 g/mol. The molecule has 0 fully saturated rings. The van der Waals surface area contributed by atoms with Crippen LogP contribution in [0.2, 0.25) is 0 Å². The number of hydrogen-bond acceptors (Lipinski definition) is 5. The van der Waals surface area contributed by atoms with Crippen LogP contribution < -0.4 is 0 Å². The van der Waals surface area contributed by atoms with Crippen molar-refractivity contribution in [3.63, 3.8) is 0 Å². The molecule has 6 heteroatoms. The lowest BCUT2D eigenvalue weighted by Crippen LogP contribution is -2.36. The van der Waals surface area contributed by atoms with E-state index >= 15 is 0 Å². The summed E-state index contributed by atoms with van der Waals surface area (Å²) >= 11 is 0. The maximum absolute atomic E-state index is 12.6. The second-order valence-corrected chi connectivity index (χ2v) is 6.27. The van der Waals surface area contributed by atoms with E-state index in [1.165, 1.54) is 4.90 Å². The molecule has 26 heavy (non-hydrogen) atoms. The van der Waals surface area contributed by atoms with Crippen LogP contribution in [-0.2, 0) is 9.53 Å². The summed E-state index contributed by atoms with van der Waals surface area (Å²) in [6.45, 7) is 9.73. The molecule has 0 radical (unpaired) electrons. The number of nitrogens with zero attached hydrogens (tertiary/aromatic N) is 3. The summed E-state index contributed by atoms with van der Waals surface area (Å²) in [6, 6.07) is 3.94. The molecular formula is C20H25N3O3. The van der Waals surface area contributed by atoms with Gasteiger partial charge in [-0.25, -0.2) is 4.79 Å². The van der Waals surface area contributed by atoms with E-state index in [1.807, 2.05) is 46.8 Å². The van der Waals surface area contributed by atoms with Crippen molar-refractivity contribution in [3.05, 3.63) is 33.4 Å². The first kappa shape index (κ1) is 21.2. The van der Waals surface area contributed by atoms with Crippen molar-refractivity contribution < 1.29 is 14.3 Å². The van der Waals surface area contributed by atoms with Crippen LogP contribution in [0.15, 0.2) is 0 Å². The molecule has 0 bridgehead atoms. The number of amides is 1. The zero-order valence-electron chi connectivity index (χ0n) is 16.1. The smallest absolute Gasteiger partial charge is 0.339 e. The number of carbonyl (C=O) groups excluding carboxylic acids is 2. The summed E-state index contributed by atoms with van der Waals surface area (Å²) in [5, 5.41) is 17.4. The van der Waals surface area contributed by atoms with Gasteiger partial charge in [-0.05, 0) is 62.4 Å². The molecule has 6 nitrogen and oxygen atoms in total. The Labute approximate surface area is 155 Å². The Bertz CT molecular complexity index is 738. The maximum Gasteiger partial charge on any atom is 0.339 e. The molecule has 0 atom stereocenters. The molecule has 0 spiro atoms. The highest BCUT2D eigenvalue weighted by atomic mass is 16.5. The second kappa shape index (κ2) is 9.58. The minimum absolute atomic E-state index is 0.166. The lowest BCUT2D eigenvalue weighted by molar-refractivity contribution is -0.134. The van der Waals surface area contributed by atoms with Gasteiger partial charge in [0.25, 0.3) is 5.91 Å². The lowest BCUT2D eigenvalue weighted by atomic mass is 9.90. The van der Waals surface area contributed by atoms with Crippen molar-refractivity contribution in [2.45, 2.75) is 47.5 Å². The van der Waals surface area contributed by atoms with Gasteiger partial charge < -0.3 is 9.64 Å². The summed E-state index contributed by atoms with van der Waals surface area (Å²) < 4.78 is 5.25. The Morgan fingerprint density at radius 1 is 0.846 bits per heavy atom. The topological polar surface area (TPSA) is 94.2 Å². The summed E-state index contributed by atoms with van der Waals surface area (Å²) in [5.74, 6) is -0.931. The van der Waals surface area contributed by atoms with E-state index in [1.54, 1.807) is 0 Å². The predicted molar refractivity (Wildman–Crippen MR) is 97.4 cm³/mol. The SMILES string of the molecule is Cc1c(C)c(C)c(C(=O)OCC(=O)N(CCC#N)CCC#N)c(C)c1C. The molecule has 0 heterocycles. The molecule has 1 rings (SSSR count). The highest BCUT2D eigenvalue weighted by molar-refractivity contribution is 5.95. The molecule has 1 aromatic carbocycles. The molecule has 0 saturated heterocycles. The zero-order chi connectivity index (χ0) is 19.9. The molecule has 0 N–H and O–H groups in total. The Morgan fingerprint density at radius 3 is 1.69 bits per heavy atom. The van der Waals surface area contributed by atoms with Crippen LogP contribution in [0.25, 0.3) is 0 Å². The van der Waals surface area contributed by atoms with Crippen LogP contribution in [0, 0.1) is 57.3 Å². The van der Waals surface area contributed by atoms with Crippen molar-refractivity contribution in [2.75, 3.05) is 19.7 Å². The van der Waals surface area contributed by atoms with Gasteiger partial charge in [-0.2, -0.15) is 10.5 Å². The van der Waals surface area contributed by atoms with Gasteiger partial charge in [-0.15, -0.1) is 0 Å². The van der Waals surface area contributed by atoms with E-state index in [2.05, 4.69) is 0 Å².